The fraction of sp³-hybridized carbons (Fsp3) is 0.381. The maximum Gasteiger partial charge on any atom is 0.254 e. The molecule has 0 fully saturated rings. The van der Waals surface area contributed by atoms with Crippen LogP contribution in [-0.2, 0) is 15.1 Å². The van der Waals surface area contributed by atoms with Gasteiger partial charge in [-0.1, -0.05) is 72.2 Å². The number of nitrogens with one attached hydrogen (secondary N) is 1. The van der Waals surface area contributed by atoms with E-state index in [9.17, 15) is 4.79 Å². The van der Waals surface area contributed by atoms with E-state index in [1.165, 1.54) is 5.56 Å². The SMILES string of the molecule is COC(C(=O)NC(C)(C)c1ccccc1C(C)C)c1ccccc1Br. The molecule has 4 heteroatoms. The minimum atomic E-state index is -0.666. The number of ether oxygens (including phenoxy) is 1. The lowest BCUT2D eigenvalue weighted by atomic mass is 9.85. The maximum absolute atomic E-state index is 12.9. The average Bonchev–Trinajstić information content (AvgIpc) is 2.56. The van der Waals surface area contributed by atoms with Crippen LogP contribution in [0.1, 0.15) is 56.4 Å². The number of carbonyl (C=O) groups is 1. The molecular formula is C21H26BrNO2. The molecule has 25 heavy (non-hydrogen) atoms. The van der Waals surface area contributed by atoms with Crippen molar-refractivity contribution in [2.75, 3.05) is 7.11 Å². The lowest BCUT2D eigenvalue weighted by Gasteiger charge is -2.32. The van der Waals surface area contributed by atoms with Crippen molar-refractivity contribution in [3.63, 3.8) is 0 Å². The van der Waals surface area contributed by atoms with Gasteiger partial charge in [0.15, 0.2) is 6.10 Å². The first kappa shape index (κ1) is 19.7. The van der Waals surface area contributed by atoms with Crippen molar-refractivity contribution in [3.05, 3.63) is 69.7 Å². The zero-order valence-electron chi connectivity index (χ0n) is 15.5. The number of carbonyl (C=O) groups excluding carboxylic acids is 1. The summed E-state index contributed by atoms with van der Waals surface area (Å²) in [6.45, 7) is 8.38. The third kappa shape index (κ3) is 4.50. The quantitative estimate of drug-likeness (QED) is 0.709. The zero-order chi connectivity index (χ0) is 18.6. The van der Waals surface area contributed by atoms with E-state index in [0.717, 1.165) is 15.6 Å². The number of hydrogen-bond donors (Lipinski definition) is 1. The summed E-state index contributed by atoms with van der Waals surface area (Å²) >= 11 is 3.50. The molecule has 2 rings (SSSR count). The maximum atomic E-state index is 12.9. The summed E-state index contributed by atoms with van der Waals surface area (Å²) in [5, 5.41) is 3.16. The molecule has 0 aliphatic heterocycles. The fourth-order valence-corrected chi connectivity index (χ4v) is 3.57. The second kappa shape index (κ2) is 8.15. The van der Waals surface area contributed by atoms with Gasteiger partial charge >= 0.3 is 0 Å². The Hall–Kier alpha value is -1.65. The van der Waals surface area contributed by atoms with Gasteiger partial charge in [-0.25, -0.2) is 0 Å². The van der Waals surface area contributed by atoms with Crippen molar-refractivity contribution < 1.29 is 9.53 Å². The second-order valence-corrected chi connectivity index (χ2v) is 7.85. The highest BCUT2D eigenvalue weighted by Gasteiger charge is 2.30. The van der Waals surface area contributed by atoms with Crippen LogP contribution in [0.25, 0.3) is 0 Å². The largest absolute Gasteiger partial charge is 0.367 e. The van der Waals surface area contributed by atoms with Crippen molar-refractivity contribution in [2.45, 2.75) is 45.3 Å². The molecule has 0 saturated carbocycles. The molecule has 2 aromatic carbocycles. The van der Waals surface area contributed by atoms with Gasteiger partial charge < -0.3 is 10.1 Å². The molecule has 1 amide bonds. The van der Waals surface area contributed by atoms with Crippen LogP contribution >= 0.6 is 15.9 Å². The van der Waals surface area contributed by atoms with E-state index in [1.807, 2.05) is 50.2 Å². The number of halogens is 1. The summed E-state index contributed by atoms with van der Waals surface area (Å²) in [7, 11) is 1.55. The van der Waals surface area contributed by atoms with E-state index in [1.54, 1.807) is 7.11 Å². The third-order valence-electron chi connectivity index (χ3n) is 4.35. The number of methoxy groups -OCH3 is 1. The van der Waals surface area contributed by atoms with Crippen LogP contribution in [0, 0.1) is 0 Å². The van der Waals surface area contributed by atoms with Gasteiger partial charge in [0, 0.05) is 17.1 Å². The standard InChI is InChI=1S/C21H26BrNO2/c1-14(2)15-10-6-8-12-17(15)21(3,4)23-20(24)19(25-5)16-11-7-9-13-18(16)22/h6-14,19H,1-5H3,(H,23,24). The van der Waals surface area contributed by atoms with Crippen LogP contribution in [0.3, 0.4) is 0 Å². The van der Waals surface area contributed by atoms with Crippen LogP contribution in [0.15, 0.2) is 53.0 Å². The average molecular weight is 404 g/mol. The summed E-state index contributed by atoms with van der Waals surface area (Å²) in [5.41, 5.74) is 2.68. The number of hydrogen-bond acceptors (Lipinski definition) is 2. The summed E-state index contributed by atoms with van der Waals surface area (Å²) in [6.07, 6.45) is -0.666. The molecule has 0 saturated heterocycles. The number of benzene rings is 2. The molecule has 0 aliphatic rings. The van der Waals surface area contributed by atoms with Crippen LogP contribution in [0.2, 0.25) is 0 Å². The topological polar surface area (TPSA) is 38.3 Å². The first-order chi connectivity index (χ1) is 11.8. The minimum Gasteiger partial charge on any atom is -0.367 e. The van der Waals surface area contributed by atoms with E-state index >= 15 is 0 Å². The highest BCUT2D eigenvalue weighted by molar-refractivity contribution is 9.10. The lowest BCUT2D eigenvalue weighted by Crippen LogP contribution is -2.44. The Balaban J connectivity index is 2.31. The lowest BCUT2D eigenvalue weighted by molar-refractivity contribution is -0.133. The molecule has 1 N–H and O–H groups in total. The Bertz CT molecular complexity index is 740. The van der Waals surface area contributed by atoms with Crippen molar-refractivity contribution in [2.24, 2.45) is 0 Å². The van der Waals surface area contributed by atoms with Crippen molar-refractivity contribution >= 4 is 21.8 Å². The molecule has 0 radical (unpaired) electrons. The molecular weight excluding hydrogens is 378 g/mol. The van der Waals surface area contributed by atoms with Crippen molar-refractivity contribution in [3.8, 4) is 0 Å². The Labute approximate surface area is 158 Å². The molecule has 0 aliphatic carbocycles. The molecule has 0 heterocycles. The van der Waals surface area contributed by atoms with Gasteiger partial charge in [-0.05, 0) is 37.0 Å². The molecule has 0 aromatic heterocycles. The Kier molecular flexibility index (Phi) is 6.42. The summed E-state index contributed by atoms with van der Waals surface area (Å²) in [5.74, 6) is 0.229. The molecule has 1 unspecified atom stereocenters. The molecule has 0 spiro atoms. The Morgan fingerprint density at radius 2 is 1.60 bits per heavy atom. The first-order valence-electron chi connectivity index (χ1n) is 8.46. The zero-order valence-corrected chi connectivity index (χ0v) is 17.1. The highest BCUT2D eigenvalue weighted by atomic mass is 79.9. The van der Waals surface area contributed by atoms with Gasteiger partial charge in [0.25, 0.3) is 5.91 Å². The monoisotopic (exact) mass is 403 g/mol. The van der Waals surface area contributed by atoms with Crippen molar-refractivity contribution in [1.82, 2.24) is 5.32 Å². The van der Waals surface area contributed by atoms with Crippen LogP contribution in [-0.4, -0.2) is 13.0 Å². The molecule has 134 valence electrons. The first-order valence-corrected chi connectivity index (χ1v) is 9.26. The highest BCUT2D eigenvalue weighted by Crippen LogP contribution is 2.31. The van der Waals surface area contributed by atoms with E-state index in [2.05, 4.69) is 47.2 Å². The Morgan fingerprint density at radius 3 is 2.16 bits per heavy atom. The van der Waals surface area contributed by atoms with Crippen LogP contribution in [0.4, 0.5) is 0 Å². The molecule has 2 aromatic rings. The van der Waals surface area contributed by atoms with E-state index in [-0.39, 0.29) is 5.91 Å². The van der Waals surface area contributed by atoms with Crippen LogP contribution in [0.5, 0.6) is 0 Å². The van der Waals surface area contributed by atoms with Gasteiger partial charge in [0.2, 0.25) is 0 Å². The Morgan fingerprint density at radius 1 is 1.04 bits per heavy atom. The van der Waals surface area contributed by atoms with Crippen molar-refractivity contribution in [1.29, 1.82) is 0 Å². The fourth-order valence-electron chi connectivity index (χ4n) is 3.07. The molecule has 1 atom stereocenters. The summed E-state index contributed by atoms with van der Waals surface area (Å²) in [6, 6.07) is 15.9. The van der Waals surface area contributed by atoms with E-state index in [4.69, 9.17) is 4.74 Å². The van der Waals surface area contributed by atoms with Gasteiger partial charge in [-0.15, -0.1) is 0 Å². The smallest absolute Gasteiger partial charge is 0.254 e. The number of amides is 1. The van der Waals surface area contributed by atoms with Gasteiger partial charge in [0.1, 0.15) is 0 Å². The van der Waals surface area contributed by atoms with E-state index in [0.29, 0.717) is 5.92 Å². The second-order valence-electron chi connectivity index (χ2n) is 6.99. The van der Waals surface area contributed by atoms with Gasteiger partial charge in [-0.3, -0.25) is 4.79 Å². The molecule has 0 bridgehead atoms. The third-order valence-corrected chi connectivity index (χ3v) is 5.08. The summed E-state index contributed by atoms with van der Waals surface area (Å²) < 4.78 is 6.36. The summed E-state index contributed by atoms with van der Waals surface area (Å²) in [4.78, 5) is 12.9. The van der Waals surface area contributed by atoms with Gasteiger partial charge in [0.05, 0.1) is 5.54 Å². The number of rotatable bonds is 6. The van der Waals surface area contributed by atoms with Crippen LogP contribution < -0.4 is 5.32 Å². The van der Waals surface area contributed by atoms with E-state index < -0.39 is 11.6 Å². The molecule has 3 nitrogen and oxygen atoms in total. The predicted molar refractivity (Wildman–Crippen MR) is 106 cm³/mol. The van der Waals surface area contributed by atoms with Gasteiger partial charge in [-0.2, -0.15) is 0 Å². The predicted octanol–water partition coefficient (Wildman–Crippen LogP) is 5.31. The normalized spacial score (nSPS) is 12.9. The minimum absolute atomic E-state index is 0.155.